The molecule has 0 saturated carbocycles. The zero-order valence-electron chi connectivity index (χ0n) is 18.4. The van der Waals surface area contributed by atoms with E-state index in [9.17, 15) is 14.0 Å². The number of thioether (sulfide) groups is 1. The maximum Gasteiger partial charge on any atom is 0.251 e. The van der Waals surface area contributed by atoms with Gasteiger partial charge in [0.15, 0.2) is 0 Å². The number of carbonyl (C=O) groups excluding carboxylic acids is 2. The van der Waals surface area contributed by atoms with Crippen molar-refractivity contribution in [2.24, 2.45) is 5.41 Å². The van der Waals surface area contributed by atoms with Crippen LogP contribution in [0.1, 0.15) is 42.3 Å². The molecule has 2 amide bonds. The Kier molecular flexibility index (Phi) is 7.70. The van der Waals surface area contributed by atoms with Crippen LogP contribution in [-0.2, 0) is 17.1 Å². The van der Waals surface area contributed by atoms with Gasteiger partial charge in [-0.05, 0) is 47.5 Å². The molecule has 0 heterocycles. The van der Waals surface area contributed by atoms with Gasteiger partial charge in [0.1, 0.15) is 5.82 Å². The predicted molar refractivity (Wildman–Crippen MR) is 128 cm³/mol. The SMILES string of the molecule is CC(C)(C)C(=O)Nc1ccccc1SCc1cccc(C(=O)NCc2ccc(F)cc2)c1. The lowest BCUT2D eigenvalue weighted by atomic mass is 9.95. The smallest absolute Gasteiger partial charge is 0.251 e. The topological polar surface area (TPSA) is 58.2 Å². The largest absolute Gasteiger partial charge is 0.348 e. The van der Waals surface area contributed by atoms with Crippen LogP contribution in [0.15, 0.2) is 77.7 Å². The number of para-hydroxylation sites is 1. The quantitative estimate of drug-likeness (QED) is 0.432. The maximum atomic E-state index is 13.0. The lowest BCUT2D eigenvalue weighted by molar-refractivity contribution is -0.123. The highest BCUT2D eigenvalue weighted by molar-refractivity contribution is 7.98. The first-order valence-corrected chi connectivity index (χ1v) is 11.4. The first-order valence-electron chi connectivity index (χ1n) is 10.4. The molecular weight excluding hydrogens is 423 g/mol. The van der Waals surface area contributed by atoms with Crippen LogP contribution in [0.5, 0.6) is 0 Å². The molecule has 0 aromatic heterocycles. The molecule has 166 valence electrons. The van der Waals surface area contributed by atoms with Gasteiger partial charge in [0.25, 0.3) is 5.91 Å². The van der Waals surface area contributed by atoms with Gasteiger partial charge in [-0.2, -0.15) is 0 Å². The summed E-state index contributed by atoms with van der Waals surface area (Å²) in [5, 5.41) is 5.87. The molecule has 0 saturated heterocycles. The fourth-order valence-electron chi connectivity index (χ4n) is 2.86. The molecule has 32 heavy (non-hydrogen) atoms. The van der Waals surface area contributed by atoms with Crippen molar-refractivity contribution in [3.8, 4) is 0 Å². The van der Waals surface area contributed by atoms with Crippen molar-refractivity contribution in [3.63, 3.8) is 0 Å². The highest BCUT2D eigenvalue weighted by atomic mass is 32.2. The molecule has 3 aromatic rings. The Hall–Kier alpha value is -3.12. The van der Waals surface area contributed by atoms with Gasteiger partial charge in [-0.15, -0.1) is 11.8 Å². The third-order valence-electron chi connectivity index (χ3n) is 4.77. The second kappa shape index (κ2) is 10.5. The number of nitrogens with one attached hydrogen (secondary N) is 2. The highest BCUT2D eigenvalue weighted by Gasteiger charge is 2.22. The molecule has 0 atom stereocenters. The molecule has 4 nitrogen and oxygen atoms in total. The zero-order valence-corrected chi connectivity index (χ0v) is 19.3. The number of hydrogen-bond donors (Lipinski definition) is 2. The van der Waals surface area contributed by atoms with Gasteiger partial charge in [0.2, 0.25) is 5.91 Å². The lowest BCUT2D eigenvalue weighted by Crippen LogP contribution is -2.27. The number of halogens is 1. The summed E-state index contributed by atoms with van der Waals surface area (Å²) in [5.41, 5.74) is 2.71. The molecule has 0 aliphatic carbocycles. The van der Waals surface area contributed by atoms with Crippen LogP contribution in [-0.4, -0.2) is 11.8 Å². The van der Waals surface area contributed by atoms with Crippen LogP contribution in [0.2, 0.25) is 0 Å². The number of rotatable bonds is 7. The molecule has 3 rings (SSSR count). The van der Waals surface area contributed by atoms with E-state index in [0.717, 1.165) is 21.7 Å². The van der Waals surface area contributed by atoms with E-state index < -0.39 is 5.41 Å². The first kappa shape index (κ1) is 23.5. The Bertz CT molecular complexity index is 1090. The van der Waals surface area contributed by atoms with E-state index in [4.69, 9.17) is 0 Å². The summed E-state index contributed by atoms with van der Waals surface area (Å²) >= 11 is 1.60. The minimum atomic E-state index is -0.479. The number of amides is 2. The lowest BCUT2D eigenvalue weighted by Gasteiger charge is -2.19. The van der Waals surface area contributed by atoms with Crippen LogP contribution < -0.4 is 10.6 Å². The van der Waals surface area contributed by atoms with Gasteiger partial charge in [0.05, 0.1) is 5.69 Å². The monoisotopic (exact) mass is 450 g/mol. The van der Waals surface area contributed by atoms with Crippen LogP contribution in [0.4, 0.5) is 10.1 Å². The fraction of sp³-hybridized carbons (Fsp3) is 0.231. The molecule has 6 heteroatoms. The minimum Gasteiger partial charge on any atom is -0.348 e. The Morgan fingerprint density at radius 1 is 0.906 bits per heavy atom. The Labute approximate surface area is 192 Å². The summed E-state index contributed by atoms with van der Waals surface area (Å²) in [6.45, 7) is 5.97. The molecule has 0 radical (unpaired) electrons. The molecule has 0 bridgehead atoms. The van der Waals surface area contributed by atoms with Crippen LogP contribution in [0.25, 0.3) is 0 Å². The van der Waals surface area contributed by atoms with E-state index in [2.05, 4.69) is 10.6 Å². The zero-order chi connectivity index (χ0) is 23.1. The van der Waals surface area contributed by atoms with Gasteiger partial charge in [-0.1, -0.05) is 57.2 Å². The van der Waals surface area contributed by atoms with Gasteiger partial charge in [-0.3, -0.25) is 9.59 Å². The Balaban J connectivity index is 1.62. The number of hydrogen-bond acceptors (Lipinski definition) is 3. The fourth-order valence-corrected chi connectivity index (χ4v) is 3.81. The van der Waals surface area contributed by atoms with Crippen molar-refractivity contribution >= 4 is 29.3 Å². The summed E-state index contributed by atoms with van der Waals surface area (Å²) in [4.78, 5) is 25.9. The van der Waals surface area contributed by atoms with Crippen LogP contribution in [0.3, 0.4) is 0 Å². The average molecular weight is 451 g/mol. The predicted octanol–water partition coefficient (Wildman–Crippen LogP) is 6.03. The maximum absolute atomic E-state index is 13.0. The molecule has 0 fully saturated rings. The summed E-state index contributed by atoms with van der Waals surface area (Å²) in [6.07, 6.45) is 0. The van der Waals surface area contributed by atoms with Gasteiger partial charge in [-0.25, -0.2) is 4.39 Å². The van der Waals surface area contributed by atoms with Gasteiger partial charge >= 0.3 is 0 Å². The van der Waals surface area contributed by atoms with E-state index in [0.29, 0.717) is 17.9 Å². The summed E-state index contributed by atoms with van der Waals surface area (Å²) < 4.78 is 13.0. The van der Waals surface area contributed by atoms with Gasteiger partial charge < -0.3 is 10.6 Å². The molecule has 3 aromatic carbocycles. The van der Waals surface area contributed by atoms with E-state index in [1.807, 2.05) is 63.2 Å². The molecular formula is C26H27FN2O2S. The minimum absolute atomic E-state index is 0.0367. The van der Waals surface area contributed by atoms with Crippen molar-refractivity contribution in [2.75, 3.05) is 5.32 Å². The summed E-state index contributed by atoms with van der Waals surface area (Å²) in [6, 6.07) is 21.2. The second-order valence-electron chi connectivity index (χ2n) is 8.50. The highest BCUT2D eigenvalue weighted by Crippen LogP contribution is 2.31. The average Bonchev–Trinajstić information content (AvgIpc) is 2.77. The van der Waals surface area contributed by atoms with Crippen molar-refractivity contribution in [3.05, 3.63) is 95.3 Å². The second-order valence-corrected chi connectivity index (χ2v) is 9.52. The summed E-state index contributed by atoms with van der Waals surface area (Å²) in [7, 11) is 0. The third-order valence-corrected chi connectivity index (χ3v) is 5.91. The van der Waals surface area contributed by atoms with E-state index in [-0.39, 0.29) is 17.6 Å². The standard InChI is InChI=1S/C26H27FN2O2S/c1-26(2,3)25(31)29-22-9-4-5-10-23(22)32-17-19-7-6-8-20(15-19)24(30)28-16-18-11-13-21(27)14-12-18/h4-15H,16-17H2,1-3H3,(H,28,30)(H,29,31). The van der Waals surface area contributed by atoms with E-state index >= 15 is 0 Å². The normalized spacial score (nSPS) is 11.1. The first-order chi connectivity index (χ1) is 15.2. The molecule has 0 aliphatic heterocycles. The Morgan fingerprint density at radius 2 is 1.62 bits per heavy atom. The van der Waals surface area contributed by atoms with Gasteiger partial charge in [0, 0.05) is 28.2 Å². The van der Waals surface area contributed by atoms with Crippen molar-refractivity contribution < 1.29 is 14.0 Å². The van der Waals surface area contributed by atoms with Crippen molar-refractivity contribution in [1.29, 1.82) is 0 Å². The summed E-state index contributed by atoms with van der Waals surface area (Å²) in [5.74, 6) is 0.135. The third kappa shape index (κ3) is 6.69. The van der Waals surface area contributed by atoms with Crippen molar-refractivity contribution in [2.45, 2.75) is 38.0 Å². The Morgan fingerprint density at radius 3 is 2.34 bits per heavy atom. The van der Waals surface area contributed by atoms with Crippen LogP contribution in [0, 0.1) is 11.2 Å². The molecule has 0 spiro atoms. The number of carbonyl (C=O) groups is 2. The van der Waals surface area contributed by atoms with E-state index in [1.54, 1.807) is 30.0 Å². The van der Waals surface area contributed by atoms with Crippen molar-refractivity contribution in [1.82, 2.24) is 5.32 Å². The molecule has 2 N–H and O–H groups in total. The van der Waals surface area contributed by atoms with E-state index in [1.165, 1.54) is 12.1 Å². The molecule has 0 unspecified atom stereocenters. The molecule has 0 aliphatic rings. The van der Waals surface area contributed by atoms with Crippen LogP contribution >= 0.6 is 11.8 Å². The number of benzene rings is 3. The number of anilines is 1.